The van der Waals surface area contributed by atoms with Crippen LogP contribution in [0.1, 0.15) is 37.8 Å². The van der Waals surface area contributed by atoms with Crippen LogP contribution in [0.15, 0.2) is 54.6 Å². The maximum atomic E-state index is 12.7. The molecule has 0 spiro atoms. The minimum absolute atomic E-state index is 0.140. The van der Waals surface area contributed by atoms with Crippen LogP contribution in [0, 0.1) is 5.92 Å². The first-order chi connectivity index (χ1) is 13.8. The summed E-state index contributed by atoms with van der Waals surface area (Å²) in [5, 5.41) is 17.4. The zero-order chi connectivity index (χ0) is 21.4. The molecule has 0 bridgehead atoms. The molecule has 0 heterocycles. The van der Waals surface area contributed by atoms with Gasteiger partial charge in [0, 0.05) is 12.2 Å². The molecule has 0 aliphatic heterocycles. The molecule has 0 saturated heterocycles. The summed E-state index contributed by atoms with van der Waals surface area (Å²) in [6.45, 7) is 5.61. The average Bonchev–Trinajstić information content (AvgIpc) is 2.70. The van der Waals surface area contributed by atoms with Crippen molar-refractivity contribution in [1.29, 1.82) is 0 Å². The van der Waals surface area contributed by atoms with Gasteiger partial charge in [-0.1, -0.05) is 56.3 Å². The minimum atomic E-state index is -0.940. The van der Waals surface area contributed by atoms with Gasteiger partial charge in [-0.05, 0) is 36.1 Å². The first kappa shape index (κ1) is 21.9. The van der Waals surface area contributed by atoms with Gasteiger partial charge in [-0.15, -0.1) is 0 Å². The van der Waals surface area contributed by atoms with Crippen LogP contribution < -0.4 is 16.0 Å². The Morgan fingerprint density at radius 2 is 1.66 bits per heavy atom. The molecule has 29 heavy (non-hydrogen) atoms. The van der Waals surface area contributed by atoms with E-state index in [1.165, 1.54) is 0 Å². The van der Waals surface area contributed by atoms with E-state index in [9.17, 15) is 14.4 Å². The van der Waals surface area contributed by atoms with Crippen LogP contribution in [0.5, 0.6) is 0 Å². The zero-order valence-electron chi connectivity index (χ0n) is 16.8. The minimum Gasteiger partial charge on any atom is -0.481 e. The molecule has 4 N–H and O–H groups in total. The van der Waals surface area contributed by atoms with Crippen LogP contribution in [0.4, 0.5) is 10.5 Å². The van der Waals surface area contributed by atoms with E-state index in [4.69, 9.17) is 5.11 Å². The Kier molecular flexibility index (Phi) is 7.77. The van der Waals surface area contributed by atoms with E-state index < -0.39 is 24.0 Å². The van der Waals surface area contributed by atoms with Crippen LogP contribution in [-0.2, 0) is 16.1 Å². The van der Waals surface area contributed by atoms with Gasteiger partial charge in [-0.3, -0.25) is 9.59 Å². The van der Waals surface area contributed by atoms with E-state index in [-0.39, 0.29) is 11.8 Å². The van der Waals surface area contributed by atoms with Gasteiger partial charge in [0.15, 0.2) is 0 Å². The van der Waals surface area contributed by atoms with Crippen LogP contribution in [0.25, 0.3) is 0 Å². The number of urea groups is 1. The second-order valence-corrected chi connectivity index (χ2v) is 7.21. The molecular formula is C22H27N3O4. The first-order valence-electron chi connectivity index (χ1n) is 9.50. The summed E-state index contributed by atoms with van der Waals surface area (Å²) in [5.41, 5.74) is 2.03. The number of anilines is 1. The van der Waals surface area contributed by atoms with Crippen molar-refractivity contribution in [1.82, 2.24) is 10.6 Å². The Morgan fingerprint density at radius 1 is 0.966 bits per heavy atom. The maximum absolute atomic E-state index is 12.7. The van der Waals surface area contributed by atoms with Crippen LogP contribution in [0.3, 0.4) is 0 Å². The van der Waals surface area contributed by atoms with Crippen molar-refractivity contribution < 1.29 is 19.5 Å². The Bertz CT molecular complexity index is 852. The predicted octanol–water partition coefficient (Wildman–Crippen LogP) is 3.34. The van der Waals surface area contributed by atoms with Crippen LogP contribution >= 0.6 is 0 Å². The number of carboxylic acid groups (broad SMARTS) is 1. The smallest absolute Gasteiger partial charge is 0.315 e. The molecule has 2 rings (SSSR count). The molecule has 2 aromatic rings. The number of benzene rings is 2. The summed E-state index contributed by atoms with van der Waals surface area (Å²) in [7, 11) is 0. The fraction of sp³-hybridized carbons (Fsp3) is 0.318. The quantitative estimate of drug-likeness (QED) is 0.548. The van der Waals surface area contributed by atoms with Gasteiger partial charge in [0.2, 0.25) is 5.91 Å². The lowest BCUT2D eigenvalue weighted by atomic mass is 10.0. The third kappa shape index (κ3) is 6.64. The summed E-state index contributed by atoms with van der Waals surface area (Å²) in [4.78, 5) is 36.1. The zero-order valence-corrected chi connectivity index (χ0v) is 16.8. The van der Waals surface area contributed by atoms with Crippen molar-refractivity contribution in [2.24, 2.45) is 5.92 Å². The van der Waals surface area contributed by atoms with Gasteiger partial charge in [0.25, 0.3) is 0 Å². The average molecular weight is 397 g/mol. The maximum Gasteiger partial charge on any atom is 0.315 e. The number of carboxylic acids is 1. The van der Waals surface area contributed by atoms with Crippen molar-refractivity contribution in [3.63, 3.8) is 0 Å². The van der Waals surface area contributed by atoms with Gasteiger partial charge in [0.05, 0.1) is 5.92 Å². The van der Waals surface area contributed by atoms with Crippen molar-refractivity contribution >= 4 is 23.6 Å². The number of nitrogens with one attached hydrogen (secondary N) is 3. The molecule has 0 aliphatic carbocycles. The monoisotopic (exact) mass is 397 g/mol. The van der Waals surface area contributed by atoms with Crippen molar-refractivity contribution in [2.45, 2.75) is 39.3 Å². The molecule has 0 aromatic heterocycles. The summed E-state index contributed by atoms with van der Waals surface area (Å²) in [5.74, 6) is -2.13. The highest BCUT2D eigenvalue weighted by atomic mass is 16.4. The lowest BCUT2D eigenvalue weighted by molar-refractivity contribution is -0.138. The van der Waals surface area contributed by atoms with Gasteiger partial charge in [0.1, 0.15) is 6.04 Å². The predicted molar refractivity (Wildman–Crippen MR) is 112 cm³/mol. The van der Waals surface area contributed by atoms with E-state index in [0.29, 0.717) is 17.8 Å². The number of carbonyl (C=O) groups excluding carboxylic acids is 2. The first-order valence-corrected chi connectivity index (χ1v) is 9.50. The Balaban J connectivity index is 1.99. The van der Waals surface area contributed by atoms with Crippen molar-refractivity contribution in [2.75, 3.05) is 5.32 Å². The summed E-state index contributed by atoms with van der Waals surface area (Å²) >= 11 is 0. The highest BCUT2D eigenvalue weighted by Crippen LogP contribution is 2.20. The fourth-order valence-electron chi connectivity index (χ4n) is 2.75. The lowest BCUT2D eigenvalue weighted by Crippen LogP contribution is -2.50. The SMILES string of the molecule is CC(C(=O)O)c1cccc(NC(=O)C(NC(=O)NCc2ccccc2)C(C)C)c1. The highest BCUT2D eigenvalue weighted by molar-refractivity contribution is 5.97. The molecule has 154 valence electrons. The number of amides is 3. The molecule has 7 heteroatoms. The van der Waals surface area contributed by atoms with Crippen molar-refractivity contribution in [3.8, 4) is 0 Å². The highest BCUT2D eigenvalue weighted by Gasteiger charge is 2.24. The van der Waals surface area contributed by atoms with Crippen LogP contribution in [-0.4, -0.2) is 29.1 Å². The second kappa shape index (κ2) is 10.3. The van der Waals surface area contributed by atoms with Crippen molar-refractivity contribution in [3.05, 3.63) is 65.7 Å². The molecule has 0 aliphatic rings. The third-order valence-electron chi connectivity index (χ3n) is 4.56. The number of hydrogen-bond donors (Lipinski definition) is 4. The number of carbonyl (C=O) groups is 3. The molecule has 2 atom stereocenters. The van der Waals surface area contributed by atoms with Gasteiger partial charge < -0.3 is 21.1 Å². The topological polar surface area (TPSA) is 108 Å². The Labute approximate surface area is 170 Å². The van der Waals surface area contributed by atoms with E-state index in [1.54, 1.807) is 31.2 Å². The molecule has 0 saturated carbocycles. The van der Waals surface area contributed by atoms with E-state index in [2.05, 4.69) is 16.0 Å². The van der Waals surface area contributed by atoms with Gasteiger partial charge in [-0.25, -0.2) is 4.79 Å². The van der Waals surface area contributed by atoms with E-state index in [1.807, 2.05) is 44.2 Å². The Hall–Kier alpha value is -3.35. The normalized spacial score (nSPS) is 12.7. The molecule has 3 amide bonds. The van der Waals surface area contributed by atoms with Crippen LogP contribution in [0.2, 0.25) is 0 Å². The number of rotatable bonds is 8. The lowest BCUT2D eigenvalue weighted by Gasteiger charge is -2.22. The van der Waals surface area contributed by atoms with Gasteiger partial charge >= 0.3 is 12.0 Å². The summed E-state index contributed by atoms with van der Waals surface area (Å²) < 4.78 is 0. The molecule has 2 aromatic carbocycles. The third-order valence-corrected chi connectivity index (χ3v) is 4.56. The fourth-order valence-corrected chi connectivity index (χ4v) is 2.75. The standard InChI is InChI=1S/C22H27N3O4/c1-14(2)19(25-22(29)23-13-16-8-5-4-6-9-16)20(26)24-18-11-7-10-17(12-18)15(3)21(27)28/h4-12,14-15,19H,13H2,1-3H3,(H,24,26)(H,27,28)(H2,23,25,29). The molecular weight excluding hydrogens is 370 g/mol. The summed E-state index contributed by atoms with van der Waals surface area (Å²) in [6, 6.07) is 15.0. The summed E-state index contributed by atoms with van der Waals surface area (Å²) in [6.07, 6.45) is 0. The molecule has 2 unspecified atom stereocenters. The number of hydrogen-bond acceptors (Lipinski definition) is 3. The number of aliphatic carboxylic acids is 1. The molecule has 0 radical (unpaired) electrons. The largest absolute Gasteiger partial charge is 0.481 e. The van der Waals surface area contributed by atoms with E-state index >= 15 is 0 Å². The molecule has 7 nitrogen and oxygen atoms in total. The van der Waals surface area contributed by atoms with Gasteiger partial charge in [-0.2, -0.15) is 0 Å². The van der Waals surface area contributed by atoms with E-state index in [0.717, 1.165) is 5.56 Å². The molecule has 0 fully saturated rings. The second-order valence-electron chi connectivity index (χ2n) is 7.21. The Morgan fingerprint density at radius 3 is 2.28 bits per heavy atom.